The van der Waals surface area contributed by atoms with Crippen LogP contribution in [-0.4, -0.2) is 71.5 Å². The number of hydrogen-bond acceptors (Lipinski definition) is 8. The second-order valence-corrected chi connectivity index (χ2v) is 9.41. The van der Waals surface area contributed by atoms with Crippen molar-refractivity contribution in [3.05, 3.63) is 77.9 Å². The Morgan fingerprint density at radius 3 is 2.30 bits per heavy atom. The monoisotopic (exact) mass is 546 g/mol. The smallest absolute Gasteiger partial charge is 0.248 e. The van der Waals surface area contributed by atoms with Gasteiger partial charge in [-0.05, 0) is 29.3 Å². The van der Waals surface area contributed by atoms with E-state index in [0.717, 1.165) is 56.2 Å². The number of hydrogen-bond donors (Lipinski definition) is 2. The fraction of sp³-hybridized carbons (Fsp3) is 0.323. The van der Waals surface area contributed by atoms with Gasteiger partial charge in [0.1, 0.15) is 0 Å². The van der Waals surface area contributed by atoms with Gasteiger partial charge in [0.05, 0.1) is 45.9 Å². The Kier molecular flexibility index (Phi) is 10.3. The number of nitrogen functional groups attached to an aromatic ring is 1. The molecule has 0 bridgehead atoms. The minimum absolute atomic E-state index is 0.237. The fourth-order valence-electron chi connectivity index (χ4n) is 4.55. The van der Waals surface area contributed by atoms with Crippen LogP contribution in [0.25, 0.3) is 6.08 Å². The summed E-state index contributed by atoms with van der Waals surface area (Å²) in [6.45, 7) is 5.76. The van der Waals surface area contributed by atoms with E-state index < -0.39 is 0 Å². The summed E-state index contributed by atoms with van der Waals surface area (Å²) < 4.78 is 22.3. The van der Waals surface area contributed by atoms with Gasteiger partial charge in [0.2, 0.25) is 11.7 Å². The number of nitrogens with zero attached hydrogens (tertiary/aromatic N) is 2. The lowest BCUT2D eigenvalue weighted by Crippen LogP contribution is -2.41. The zero-order valence-corrected chi connectivity index (χ0v) is 23.4. The second-order valence-electron chi connectivity index (χ2n) is 9.41. The molecule has 0 spiro atoms. The first-order valence-corrected chi connectivity index (χ1v) is 13.3. The molecule has 212 valence electrons. The van der Waals surface area contributed by atoms with Gasteiger partial charge < -0.3 is 34.9 Å². The van der Waals surface area contributed by atoms with Crippen LogP contribution in [0.15, 0.2) is 66.7 Å². The van der Waals surface area contributed by atoms with Crippen molar-refractivity contribution in [3.63, 3.8) is 0 Å². The zero-order chi connectivity index (χ0) is 28.3. The van der Waals surface area contributed by atoms with E-state index in [1.54, 1.807) is 39.5 Å². The van der Waals surface area contributed by atoms with Crippen molar-refractivity contribution in [2.75, 3.05) is 76.7 Å². The first-order chi connectivity index (χ1) is 19.5. The molecular weight excluding hydrogens is 508 g/mol. The number of nitrogens with one attached hydrogen (secondary N) is 1. The molecule has 1 heterocycles. The molecule has 0 aromatic heterocycles. The molecule has 3 aromatic rings. The van der Waals surface area contributed by atoms with Gasteiger partial charge >= 0.3 is 0 Å². The summed E-state index contributed by atoms with van der Waals surface area (Å²) in [7, 11) is 4.86. The minimum atomic E-state index is -0.237. The predicted molar refractivity (Wildman–Crippen MR) is 159 cm³/mol. The van der Waals surface area contributed by atoms with E-state index in [1.165, 1.54) is 6.08 Å². The van der Waals surface area contributed by atoms with Crippen LogP contribution in [0, 0.1) is 0 Å². The summed E-state index contributed by atoms with van der Waals surface area (Å²) in [5.41, 5.74) is 10.1. The molecule has 1 fully saturated rings. The molecular formula is C31H38N4O5. The van der Waals surface area contributed by atoms with Crippen LogP contribution in [-0.2, 0) is 16.1 Å². The first-order valence-electron chi connectivity index (χ1n) is 13.3. The van der Waals surface area contributed by atoms with Gasteiger partial charge in [0.15, 0.2) is 11.5 Å². The van der Waals surface area contributed by atoms with Gasteiger partial charge in [-0.2, -0.15) is 0 Å². The summed E-state index contributed by atoms with van der Waals surface area (Å²) >= 11 is 0. The lowest BCUT2D eigenvalue weighted by atomic mass is 10.1. The molecule has 4 rings (SSSR count). The van der Waals surface area contributed by atoms with E-state index in [-0.39, 0.29) is 5.91 Å². The number of rotatable bonds is 12. The molecule has 9 heteroatoms. The van der Waals surface area contributed by atoms with Crippen molar-refractivity contribution in [1.82, 2.24) is 4.90 Å². The fourth-order valence-corrected chi connectivity index (χ4v) is 4.55. The van der Waals surface area contributed by atoms with Crippen molar-refractivity contribution in [2.24, 2.45) is 0 Å². The maximum atomic E-state index is 12.4. The average Bonchev–Trinajstić information content (AvgIpc) is 2.99. The highest BCUT2D eigenvalue weighted by molar-refractivity contribution is 6.03. The number of nitrogens with two attached hydrogens (primary N) is 1. The molecule has 1 aliphatic heterocycles. The Balaban J connectivity index is 1.48. The average molecular weight is 547 g/mol. The molecule has 3 N–H and O–H groups in total. The van der Waals surface area contributed by atoms with Crippen LogP contribution in [0.2, 0.25) is 0 Å². The summed E-state index contributed by atoms with van der Waals surface area (Å²) in [5.74, 6) is 1.56. The van der Waals surface area contributed by atoms with Crippen molar-refractivity contribution in [1.29, 1.82) is 0 Å². The summed E-state index contributed by atoms with van der Waals surface area (Å²) in [6, 6.07) is 19.3. The van der Waals surface area contributed by atoms with Crippen molar-refractivity contribution >= 4 is 29.0 Å². The summed E-state index contributed by atoms with van der Waals surface area (Å²) in [6.07, 6.45) is 3.29. The van der Waals surface area contributed by atoms with Crippen LogP contribution in [0.1, 0.15) is 11.1 Å². The third kappa shape index (κ3) is 7.68. The normalized spacial score (nSPS) is 13.7. The van der Waals surface area contributed by atoms with Crippen LogP contribution < -0.4 is 30.2 Å². The lowest BCUT2D eigenvalue weighted by Gasteiger charge is -2.31. The molecule has 1 aliphatic rings. The van der Waals surface area contributed by atoms with Crippen LogP contribution in [0.3, 0.4) is 0 Å². The third-order valence-corrected chi connectivity index (χ3v) is 6.80. The molecule has 3 aromatic carbocycles. The van der Waals surface area contributed by atoms with Gasteiger partial charge in [0.25, 0.3) is 0 Å². The topological polar surface area (TPSA) is 98.5 Å². The number of carbonyl (C=O) groups excluding carboxylic acids is 1. The molecule has 0 atom stereocenters. The van der Waals surface area contributed by atoms with Crippen LogP contribution in [0.5, 0.6) is 17.2 Å². The summed E-state index contributed by atoms with van der Waals surface area (Å²) in [5, 5.41) is 2.81. The number of morpholine rings is 1. The van der Waals surface area contributed by atoms with Crippen molar-refractivity contribution in [2.45, 2.75) is 6.54 Å². The number of benzene rings is 3. The maximum absolute atomic E-state index is 12.4. The quantitative estimate of drug-likeness (QED) is 0.257. The highest BCUT2D eigenvalue weighted by Crippen LogP contribution is 2.41. The number of anilines is 3. The van der Waals surface area contributed by atoms with E-state index in [1.807, 2.05) is 36.4 Å². The standard InChI is InChI=1S/C31H38N4O5/c1-37-28-20-25(21-29(38-2)31(28)39-3)35(15-14-34-16-18-40-19-17-34)22-24-10-8-23(9-11-24)12-13-30(36)33-27-7-5-4-6-26(27)32/h4-13,20-21H,14-19,22,32H2,1-3H3,(H,33,36)/b13-12+. The van der Waals surface area contributed by atoms with Gasteiger partial charge in [-0.15, -0.1) is 0 Å². The Labute approximate surface area is 236 Å². The number of para-hydroxylation sites is 2. The van der Waals surface area contributed by atoms with Gasteiger partial charge in [-0.25, -0.2) is 0 Å². The molecule has 0 unspecified atom stereocenters. The Morgan fingerprint density at radius 2 is 1.68 bits per heavy atom. The molecule has 1 amide bonds. The van der Waals surface area contributed by atoms with Crippen LogP contribution >= 0.6 is 0 Å². The molecule has 0 aliphatic carbocycles. The largest absolute Gasteiger partial charge is 0.493 e. The van der Waals surface area contributed by atoms with E-state index in [4.69, 9.17) is 24.7 Å². The Hall–Kier alpha value is -4.21. The van der Waals surface area contributed by atoms with E-state index >= 15 is 0 Å². The van der Waals surface area contributed by atoms with E-state index in [2.05, 4.69) is 27.2 Å². The van der Waals surface area contributed by atoms with Gasteiger partial charge in [-0.1, -0.05) is 36.4 Å². The van der Waals surface area contributed by atoms with Crippen molar-refractivity contribution < 1.29 is 23.7 Å². The highest BCUT2D eigenvalue weighted by atomic mass is 16.5. The van der Waals surface area contributed by atoms with Crippen molar-refractivity contribution in [3.8, 4) is 17.2 Å². The molecule has 40 heavy (non-hydrogen) atoms. The Bertz CT molecular complexity index is 1260. The predicted octanol–water partition coefficient (Wildman–Crippen LogP) is 4.29. The highest BCUT2D eigenvalue weighted by Gasteiger charge is 2.19. The first kappa shape index (κ1) is 28.8. The van der Waals surface area contributed by atoms with Gasteiger partial charge in [0, 0.05) is 56.6 Å². The SMILES string of the molecule is COc1cc(N(CCN2CCOCC2)Cc2ccc(/C=C/C(=O)Nc3ccccc3N)cc2)cc(OC)c1OC. The minimum Gasteiger partial charge on any atom is -0.493 e. The zero-order valence-electron chi connectivity index (χ0n) is 23.4. The molecule has 0 radical (unpaired) electrons. The number of ether oxygens (including phenoxy) is 4. The second kappa shape index (κ2) is 14.3. The van der Waals surface area contributed by atoms with Crippen LogP contribution in [0.4, 0.5) is 17.1 Å². The number of amides is 1. The summed E-state index contributed by atoms with van der Waals surface area (Å²) in [4.78, 5) is 17.1. The third-order valence-electron chi connectivity index (χ3n) is 6.80. The molecule has 9 nitrogen and oxygen atoms in total. The molecule has 0 saturated carbocycles. The Morgan fingerprint density at radius 1 is 1.00 bits per heavy atom. The molecule has 1 saturated heterocycles. The number of methoxy groups -OCH3 is 3. The van der Waals surface area contributed by atoms with E-state index in [9.17, 15) is 4.79 Å². The number of carbonyl (C=O) groups is 1. The lowest BCUT2D eigenvalue weighted by molar-refractivity contribution is -0.111. The van der Waals surface area contributed by atoms with E-state index in [0.29, 0.717) is 35.2 Å². The van der Waals surface area contributed by atoms with Gasteiger partial charge in [-0.3, -0.25) is 9.69 Å². The maximum Gasteiger partial charge on any atom is 0.248 e.